The third-order valence-corrected chi connectivity index (χ3v) is 5.67. The molecule has 2 aromatic rings. The molecule has 0 fully saturated rings. The summed E-state index contributed by atoms with van der Waals surface area (Å²) in [4.78, 5) is 21.1. The summed E-state index contributed by atoms with van der Waals surface area (Å²) in [6.45, 7) is 12.9. The first-order chi connectivity index (χ1) is 18.0. The summed E-state index contributed by atoms with van der Waals surface area (Å²) >= 11 is 0. The average molecular weight is 525 g/mol. The van der Waals surface area contributed by atoms with E-state index in [2.05, 4.69) is 62.2 Å². The Bertz CT molecular complexity index is 1050. The number of benzene rings is 2. The van der Waals surface area contributed by atoms with Gasteiger partial charge in [-0.05, 0) is 46.2 Å². The fraction of sp³-hybridized carbons (Fsp3) is 0.429. The number of aromatic hydroxyl groups is 2. The minimum atomic E-state index is -0.177. The smallest absolute Gasteiger partial charge is 0.153 e. The molecular formula is C28H36N4O6. The van der Waals surface area contributed by atoms with Gasteiger partial charge < -0.3 is 29.6 Å². The lowest BCUT2D eigenvalue weighted by Gasteiger charge is -2.21. The molecule has 0 spiro atoms. The van der Waals surface area contributed by atoms with E-state index in [1.165, 1.54) is 24.9 Å². The van der Waals surface area contributed by atoms with E-state index in [1.54, 1.807) is 0 Å². The van der Waals surface area contributed by atoms with Crippen molar-refractivity contribution < 1.29 is 29.6 Å². The van der Waals surface area contributed by atoms with E-state index in [1.807, 2.05) is 24.3 Å². The second-order valence-corrected chi connectivity index (χ2v) is 10.8. The third-order valence-electron chi connectivity index (χ3n) is 5.67. The molecule has 0 saturated heterocycles. The van der Waals surface area contributed by atoms with Crippen LogP contribution in [0.5, 0.6) is 11.5 Å². The summed E-state index contributed by atoms with van der Waals surface area (Å²) in [5, 5.41) is 37.2. The summed E-state index contributed by atoms with van der Waals surface area (Å²) in [6, 6.07) is 7.38. The average Bonchev–Trinajstić information content (AvgIpc) is 2.83. The van der Waals surface area contributed by atoms with E-state index in [-0.39, 0.29) is 48.8 Å². The summed E-state index contributed by atoms with van der Waals surface area (Å²) in [7, 11) is 0. The summed E-state index contributed by atoms with van der Waals surface area (Å²) < 4.78 is 0. The van der Waals surface area contributed by atoms with Crippen LogP contribution >= 0.6 is 0 Å². The quantitative estimate of drug-likeness (QED) is 0.509. The number of fused-ring (bicyclic) bond motifs is 4. The van der Waals surface area contributed by atoms with E-state index in [9.17, 15) is 10.2 Å². The van der Waals surface area contributed by atoms with Crippen LogP contribution < -0.4 is 0 Å². The molecular weight excluding hydrogens is 488 g/mol. The highest BCUT2D eigenvalue weighted by atomic mass is 16.7. The third kappa shape index (κ3) is 7.96. The number of hydrogen-bond acceptors (Lipinski definition) is 10. The monoisotopic (exact) mass is 524 g/mol. The highest BCUT2D eigenvalue weighted by Crippen LogP contribution is 2.31. The van der Waals surface area contributed by atoms with Crippen molar-refractivity contribution in [1.29, 1.82) is 0 Å². The molecule has 10 nitrogen and oxygen atoms in total. The SMILES string of the molecule is CC(C)(C)c1cc2c(O)c(c1)/C=N/OCCO/N=C/c1cc(C(C)(C)C)cc(c1O)/C=N/OCCO/N=C/2. The molecule has 2 N–H and O–H groups in total. The molecule has 0 unspecified atom stereocenters. The molecule has 10 heteroatoms. The van der Waals surface area contributed by atoms with Gasteiger partial charge in [0, 0.05) is 22.3 Å². The molecule has 1 aliphatic heterocycles. The van der Waals surface area contributed by atoms with Crippen LogP contribution in [0.15, 0.2) is 44.9 Å². The van der Waals surface area contributed by atoms with Gasteiger partial charge in [0.25, 0.3) is 0 Å². The molecule has 204 valence electrons. The Morgan fingerprint density at radius 1 is 0.500 bits per heavy atom. The second-order valence-electron chi connectivity index (χ2n) is 10.8. The largest absolute Gasteiger partial charge is 0.507 e. The lowest BCUT2D eigenvalue weighted by atomic mass is 9.85. The standard InChI is InChI=1S/C28H36N4O6/c1-27(2,3)23-11-19-15-29-35-7-9-37-31-17-21-13-24(28(4,5)6)14-22(26(21)34)18-32-38-10-8-36-30-16-20(12-23)25(19)33/h11-18,33-34H,7-10H2,1-6H3/b29-15+,30-16+,31-17+,32-18+. The van der Waals surface area contributed by atoms with Gasteiger partial charge in [0.05, 0.1) is 24.9 Å². The molecule has 0 saturated carbocycles. The zero-order valence-electron chi connectivity index (χ0n) is 22.8. The van der Waals surface area contributed by atoms with Gasteiger partial charge in [-0.3, -0.25) is 0 Å². The summed E-state index contributed by atoms with van der Waals surface area (Å²) in [6.07, 6.45) is 5.73. The Labute approximate surface area is 223 Å². The van der Waals surface area contributed by atoms with E-state index in [4.69, 9.17) is 19.4 Å². The summed E-state index contributed by atoms with van der Waals surface area (Å²) in [5.74, 6) is -0.00533. The van der Waals surface area contributed by atoms with Gasteiger partial charge in [-0.15, -0.1) is 0 Å². The fourth-order valence-electron chi connectivity index (χ4n) is 3.36. The van der Waals surface area contributed by atoms with Crippen molar-refractivity contribution in [3.63, 3.8) is 0 Å². The number of phenolic OH excluding ortho intramolecular Hbond substituents is 2. The molecule has 0 amide bonds. The normalized spacial score (nSPS) is 18.7. The van der Waals surface area contributed by atoms with E-state index >= 15 is 0 Å². The first-order valence-electron chi connectivity index (χ1n) is 12.3. The maximum absolute atomic E-state index is 10.7. The van der Waals surface area contributed by atoms with Gasteiger partial charge >= 0.3 is 0 Å². The lowest BCUT2D eigenvalue weighted by molar-refractivity contribution is 0.0552. The number of hydrogen-bond donors (Lipinski definition) is 2. The van der Waals surface area contributed by atoms with E-state index in [0.29, 0.717) is 22.3 Å². The number of oxime groups is 4. The van der Waals surface area contributed by atoms with Crippen molar-refractivity contribution in [3.8, 4) is 11.5 Å². The van der Waals surface area contributed by atoms with Crippen molar-refractivity contribution >= 4 is 24.9 Å². The molecule has 1 aliphatic rings. The minimum Gasteiger partial charge on any atom is -0.507 e. The van der Waals surface area contributed by atoms with Crippen molar-refractivity contribution in [2.75, 3.05) is 26.4 Å². The van der Waals surface area contributed by atoms with Crippen LogP contribution in [0.4, 0.5) is 0 Å². The predicted molar refractivity (Wildman–Crippen MR) is 148 cm³/mol. The van der Waals surface area contributed by atoms with Crippen LogP contribution in [0.1, 0.15) is 74.9 Å². The van der Waals surface area contributed by atoms with Crippen molar-refractivity contribution in [2.24, 2.45) is 20.6 Å². The Kier molecular flexibility index (Phi) is 9.33. The molecule has 3 rings (SSSR count). The molecule has 2 aromatic carbocycles. The second kappa shape index (κ2) is 12.4. The maximum Gasteiger partial charge on any atom is 0.153 e. The molecule has 0 atom stereocenters. The number of rotatable bonds is 0. The van der Waals surface area contributed by atoms with Crippen LogP contribution in [0.2, 0.25) is 0 Å². The fourth-order valence-corrected chi connectivity index (χ4v) is 3.36. The van der Waals surface area contributed by atoms with Gasteiger partial charge in [-0.25, -0.2) is 0 Å². The first kappa shape index (κ1) is 28.5. The van der Waals surface area contributed by atoms with Gasteiger partial charge in [-0.2, -0.15) is 0 Å². The zero-order valence-corrected chi connectivity index (χ0v) is 22.8. The number of nitrogens with zero attached hydrogens (tertiary/aromatic N) is 4. The molecule has 0 aromatic heterocycles. The predicted octanol–water partition coefficient (Wildman–Crippen LogP) is 4.81. The van der Waals surface area contributed by atoms with Crippen molar-refractivity contribution in [1.82, 2.24) is 0 Å². The topological polar surface area (TPSA) is 127 Å². The number of phenols is 2. The molecule has 0 aliphatic carbocycles. The molecule has 38 heavy (non-hydrogen) atoms. The van der Waals surface area contributed by atoms with Gasteiger partial charge in [0.15, 0.2) is 26.4 Å². The molecule has 1 heterocycles. The highest BCUT2D eigenvalue weighted by molar-refractivity contribution is 5.93. The van der Waals surface area contributed by atoms with Crippen LogP contribution in [-0.2, 0) is 30.2 Å². The highest BCUT2D eigenvalue weighted by Gasteiger charge is 2.19. The lowest BCUT2D eigenvalue weighted by Crippen LogP contribution is -2.12. The van der Waals surface area contributed by atoms with Crippen molar-refractivity contribution in [2.45, 2.75) is 52.4 Å². The first-order valence-corrected chi connectivity index (χ1v) is 12.3. The summed E-state index contributed by atoms with van der Waals surface area (Å²) in [5.41, 5.74) is 3.50. The van der Waals surface area contributed by atoms with Gasteiger partial charge in [0.1, 0.15) is 11.5 Å². The molecule has 0 radical (unpaired) electrons. The Hall–Kier alpha value is -4.08. The molecule has 4 bridgehead atoms. The maximum atomic E-state index is 10.7. The van der Waals surface area contributed by atoms with Crippen LogP contribution in [0.25, 0.3) is 0 Å². The van der Waals surface area contributed by atoms with E-state index in [0.717, 1.165) is 11.1 Å². The van der Waals surface area contributed by atoms with Crippen LogP contribution in [0, 0.1) is 0 Å². The van der Waals surface area contributed by atoms with Gasteiger partial charge in [-0.1, -0.05) is 62.2 Å². The van der Waals surface area contributed by atoms with Gasteiger partial charge in [0.2, 0.25) is 0 Å². The Balaban J connectivity index is 1.85. The minimum absolute atomic E-state index is 0.00267. The Morgan fingerprint density at radius 3 is 0.947 bits per heavy atom. The van der Waals surface area contributed by atoms with E-state index < -0.39 is 0 Å². The van der Waals surface area contributed by atoms with Crippen LogP contribution in [-0.4, -0.2) is 61.5 Å². The zero-order chi connectivity index (χ0) is 27.8. The Morgan fingerprint density at radius 2 is 0.737 bits per heavy atom. The van der Waals surface area contributed by atoms with Crippen LogP contribution in [0.3, 0.4) is 0 Å². The van der Waals surface area contributed by atoms with Crippen molar-refractivity contribution in [3.05, 3.63) is 57.6 Å².